The number of unbranched alkanes of at least 4 members (excludes halogenated alkanes) is 1. The molecule has 34 nitrogen and oxygen atoms in total. The Bertz CT molecular complexity index is 2590. The Hall–Kier alpha value is -8.57. The number of nitrogens with one attached hydrogen (secondary N) is 9. The van der Waals surface area contributed by atoms with Gasteiger partial charge in [-0.2, -0.15) is 11.8 Å². The van der Waals surface area contributed by atoms with E-state index in [1.165, 1.54) is 43.0 Å². The lowest BCUT2D eigenvalue weighted by Gasteiger charge is -2.29. The molecule has 0 aliphatic heterocycles. The van der Waals surface area contributed by atoms with Crippen LogP contribution in [0.5, 0.6) is 5.75 Å². The lowest BCUT2D eigenvalue weighted by molar-refractivity contribution is -0.141. The summed E-state index contributed by atoms with van der Waals surface area (Å²) in [5.41, 5.74) is 44.8. The Kier molecular flexibility index (Phi) is 36.6. The van der Waals surface area contributed by atoms with Crippen LogP contribution in [0.25, 0.3) is 0 Å². The van der Waals surface area contributed by atoms with E-state index in [4.69, 9.17) is 45.9 Å². The first kappa shape index (κ1) is 78.4. The van der Waals surface area contributed by atoms with Gasteiger partial charge in [0.15, 0.2) is 11.9 Å². The Morgan fingerprint density at radius 2 is 0.933 bits per heavy atom. The van der Waals surface area contributed by atoms with E-state index >= 15 is 0 Å². The molecule has 0 radical (unpaired) electrons. The maximum atomic E-state index is 14.5. The van der Waals surface area contributed by atoms with Gasteiger partial charge in [-0.25, -0.2) is 0 Å². The van der Waals surface area contributed by atoms with Crippen LogP contribution in [-0.2, 0) is 64.0 Å². The highest BCUT2D eigenvalue weighted by molar-refractivity contribution is 7.98. The number of carbonyl (C=O) groups excluding carboxylic acids is 11. The van der Waals surface area contributed by atoms with Crippen molar-refractivity contribution in [3.8, 4) is 5.75 Å². The number of rotatable bonds is 44. The van der Waals surface area contributed by atoms with Crippen LogP contribution < -0.4 is 93.7 Å². The number of hydrogen-bond donors (Lipinski definition) is 20. The topological polar surface area (TPSA) is 607 Å². The van der Waals surface area contributed by atoms with Gasteiger partial charge in [-0.1, -0.05) is 26.0 Å². The van der Waals surface area contributed by atoms with Gasteiger partial charge in [-0.3, -0.25) is 67.5 Å². The van der Waals surface area contributed by atoms with Crippen LogP contribution in [0.15, 0.2) is 34.3 Å². The van der Waals surface area contributed by atoms with Crippen molar-refractivity contribution in [3.63, 3.8) is 0 Å². The summed E-state index contributed by atoms with van der Waals surface area (Å²) in [4.78, 5) is 169. The molecule has 0 bridgehead atoms. The summed E-state index contributed by atoms with van der Waals surface area (Å²) in [7, 11) is 0. The summed E-state index contributed by atoms with van der Waals surface area (Å²) in [6.45, 7) is 5.91. The number of aliphatic hydroxyl groups is 1. The third-order valence-electron chi connectivity index (χ3n) is 13.2. The van der Waals surface area contributed by atoms with Gasteiger partial charge in [0.2, 0.25) is 65.0 Å². The van der Waals surface area contributed by atoms with Crippen LogP contribution in [0.3, 0.4) is 0 Å². The average Bonchev–Trinajstić information content (AvgIpc) is 1.87. The lowest BCUT2D eigenvalue weighted by Crippen LogP contribution is -2.62. The van der Waals surface area contributed by atoms with E-state index in [9.17, 15) is 72.9 Å². The van der Waals surface area contributed by atoms with Crippen molar-refractivity contribution in [2.75, 3.05) is 31.6 Å². The quantitative estimate of drug-likeness (QED) is 0.0164. The number of primary amides is 2. The Balaban J connectivity index is 3.74. The van der Waals surface area contributed by atoms with Crippen LogP contribution in [-0.4, -0.2) is 196 Å². The number of phenolic OH excluding ortho intramolecular Hbond substituents is 1. The van der Waals surface area contributed by atoms with E-state index in [1.807, 2.05) is 0 Å². The van der Waals surface area contributed by atoms with E-state index in [0.29, 0.717) is 17.7 Å². The smallest absolute Gasteiger partial charge is 0.325 e. The molecule has 1 rings (SSSR count). The van der Waals surface area contributed by atoms with E-state index in [2.05, 4.69) is 57.8 Å². The highest BCUT2D eigenvalue weighted by atomic mass is 32.2. The van der Waals surface area contributed by atoms with Crippen LogP contribution in [0.1, 0.15) is 110 Å². The summed E-state index contributed by atoms with van der Waals surface area (Å²) >= 11 is 1.33. The van der Waals surface area contributed by atoms with Crippen LogP contribution in [0, 0.1) is 5.92 Å². The highest BCUT2D eigenvalue weighted by Crippen LogP contribution is 2.15. The van der Waals surface area contributed by atoms with Gasteiger partial charge >= 0.3 is 5.97 Å². The van der Waals surface area contributed by atoms with Crippen LogP contribution in [0.2, 0.25) is 0 Å². The molecular formula is C54H93N19O15S. The molecular weight excluding hydrogens is 1190 g/mol. The molecule has 0 saturated heterocycles. The fourth-order valence-corrected chi connectivity index (χ4v) is 8.86. The number of hydrogen-bond acceptors (Lipinski definition) is 19. The van der Waals surface area contributed by atoms with Gasteiger partial charge in [-0.15, -0.1) is 0 Å². The first-order valence-corrected chi connectivity index (χ1v) is 30.2. The molecule has 35 heteroatoms. The Morgan fingerprint density at radius 1 is 0.517 bits per heavy atom. The standard InChI is InChI=1S/C54H93N19O15S/c1-27(2)24-38(72-47(82)35(12-9-22-64-54(61)62)70-51(86)42(29(4)74)73-50(85)39(25-30-13-15-31(75)16-14-30)71-43(78)32(56)26-41(58)77)49(84)67-34(11-8-21-63-53(59)60)46(81)66-33(10-6-7-20-55)45(80)68-36(17-18-40(57)76)48(83)69-37(19-23-89-5)44(79)65-28(3)52(87)88/h13-16,27-29,32-39,42,74-75H,6-12,17-26,55-56H2,1-5H3,(H2,57,76)(H2,58,77)(H,65,79)(H,66,81)(H,67,84)(H,68,80)(H,69,83)(H,70,86)(H,71,78)(H,72,82)(H,73,85)(H,87,88)(H4,59,60,63)(H4,61,62,64)/t28-,29+,32-,33-,34-,35-,36-,37-,38-,39-,42-/m0/s1. The van der Waals surface area contributed by atoms with Gasteiger partial charge in [0.25, 0.3) is 0 Å². The lowest BCUT2D eigenvalue weighted by atomic mass is 10.0. The molecule has 0 aliphatic carbocycles. The normalized spacial score (nSPS) is 14.7. The van der Waals surface area contributed by atoms with Crippen molar-refractivity contribution >= 4 is 94.6 Å². The van der Waals surface area contributed by atoms with Crippen molar-refractivity contribution in [2.24, 2.45) is 61.8 Å². The number of thioether (sulfide) groups is 1. The molecule has 89 heavy (non-hydrogen) atoms. The average molecular weight is 1280 g/mol. The number of aliphatic carboxylic acids is 1. The number of nitrogens with two attached hydrogens (primary N) is 8. The number of nitrogens with zero attached hydrogens (tertiary/aromatic N) is 2. The van der Waals surface area contributed by atoms with Gasteiger partial charge in [0.05, 0.1) is 18.6 Å². The van der Waals surface area contributed by atoms with Crippen LogP contribution >= 0.6 is 11.8 Å². The second-order valence-electron chi connectivity index (χ2n) is 21.5. The number of carboxylic acids is 1. The van der Waals surface area contributed by atoms with Crippen molar-refractivity contribution in [2.45, 2.75) is 178 Å². The first-order valence-electron chi connectivity index (χ1n) is 28.8. The highest BCUT2D eigenvalue weighted by Gasteiger charge is 2.37. The van der Waals surface area contributed by atoms with Crippen molar-refractivity contribution < 1.29 is 72.9 Å². The molecule has 0 heterocycles. The van der Waals surface area contributed by atoms with Gasteiger partial charge in [0.1, 0.15) is 60.1 Å². The maximum Gasteiger partial charge on any atom is 0.325 e. The Morgan fingerprint density at radius 3 is 1.36 bits per heavy atom. The molecule has 0 saturated carbocycles. The summed E-state index contributed by atoms with van der Waals surface area (Å²) in [6.07, 6.45) is -1.35. The summed E-state index contributed by atoms with van der Waals surface area (Å²) in [6, 6.07) is -9.37. The molecule has 1 aromatic rings. The monoisotopic (exact) mass is 1280 g/mol. The van der Waals surface area contributed by atoms with Gasteiger partial charge in [0, 0.05) is 25.9 Å². The zero-order chi connectivity index (χ0) is 67.5. The predicted molar refractivity (Wildman–Crippen MR) is 330 cm³/mol. The van der Waals surface area contributed by atoms with Crippen molar-refractivity contribution in [1.82, 2.24) is 47.9 Å². The van der Waals surface area contributed by atoms with E-state index < -0.39 is 150 Å². The molecule has 500 valence electrons. The number of benzene rings is 1. The number of aromatic hydroxyl groups is 1. The van der Waals surface area contributed by atoms with Crippen LogP contribution in [0.4, 0.5) is 0 Å². The summed E-state index contributed by atoms with van der Waals surface area (Å²) in [5.74, 6) is -12.4. The molecule has 0 spiro atoms. The second-order valence-corrected chi connectivity index (χ2v) is 22.5. The third kappa shape index (κ3) is 32.3. The Labute approximate surface area is 520 Å². The van der Waals surface area contributed by atoms with Gasteiger partial charge < -0.3 is 109 Å². The number of amides is 11. The SMILES string of the molecule is CSCC[C@H](NC(=O)[C@H](CCC(N)=O)NC(=O)[C@H](CCCCN)NC(=O)[C@H](CCCN=C(N)N)NC(=O)[C@H](CC(C)C)NC(=O)[C@H](CCCN=C(N)N)NC(=O)[C@@H](NC(=O)[C@H](Cc1ccc(O)cc1)NC(=O)[C@@H](N)CC(N)=O)[C@@H](C)O)C(=O)N[C@@H](C)C(=O)O. The third-order valence-corrected chi connectivity index (χ3v) is 13.8. The first-order chi connectivity index (χ1) is 41.8. The maximum absolute atomic E-state index is 14.5. The van der Waals surface area contributed by atoms with Crippen molar-refractivity contribution in [3.05, 3.63) is 29.8 Å². The zero-order valence-corrected chi connectivity index (χ0v) is 51.7. The molecule has 0 unspecified atom stereocenters. The fraction of sp³-hybridized carbons (Fsp3) is 0.630. The number of aliphatic hydroxyl groups excluding tert-OH is 1. The second kappa shape index (κ2) is 41.6. The molecule has 11 atom stereocenters. The van der Waals surface area contributed by atoms with E-state index in [0.717, 1.165) is 6.92 Å². The molecule has 1 aromatic carbocycles. The fourth-order valence-electron chi connectivity index (χ4n) is 8.39. The minimum atomic E-state index is -1.82. The summed E-state index contributed by atoms with van der Waals surface area (Å²) < 4.78 is 0. The molecule has 0 aliphatic rings. The van der Waals surface area contributed by atoms with Crippen molar-refractivity contribution in [1.29, 1.82) is 0 Å². The molecule has 28 N–H and O–H groups in total. The minimum absolute atomic E-state index is 0.0355. The van der Waals surface area contributed by atoms with E-state index in [-0.39, 0.29) is 107 Å². The molecule has 0 aromatic heterocycles. The number of carbonyl (C=O) groups is 12. The summed E-state index contributed by atoms with van der Waals surface area (Å²) in [5, 5.41) is 52.7. The molecule has 11 amide bonds. The van der Waals surface area contributed by atoms with E-state index in [1.54, 1.807) is 20.1 Å². The number of aliphatic imine (C=N–C) groups is 2. The number of guanidine groups is 2. The molecule has 0 fully saturated rings. The van der Waals surface area contributed by atoms with Gasteiger partial charge in [-0.05, 0) is 120 Å². The number of phenols is 1. The predicted octanol–water partition coefficient (Wildman–Crippen LogP) is -6.71. The number of carboxylic acid groups (broad SMARTS) is 1. The largest absolute Gasteiger partial charge is 0.508 e. The zero-order valence-electron chi connectivity index (χ0n) is 50.9. The minimum Gasteiger partial charge on any atom is -0.508 e.